The van der Waals surface area contributed by atoms with E-state index in [-0.39, 0.29) is 46.1 Å². The first-order valence-electron chi connectivity index (χ1n) is 14.9. The molecule has 4 saturated carbocycles. The van der Waals surface area contributed by atoms with Crippen molar-refractivity contribution in [3.63, 3.8) is 0 Å². The van der Waals surface area contributed by atoms with Crippen molar-refractivity contribution in [1.82, 2.24) is 4.90 Å². The Morgan fingerprint density at radius 2 is 1.19 bits per heavy atom. The summed E-state index contributed by atoms with van der Waals surface area (Å²) in [4.78, 5) is 6.41. The van der Waals surface area contributed by atoms with Gasteiger partial charge in [0.1, 0.15) is 0 Å². The summed E-state index contributed by atoms with van der Waals surface area (Å²) in [7, 11) is 0. The van der Waals surface area contributed by atoms with E-state index in [1.54, 1.807) is 0 Å². The number of hydrogen-bond acceptors (Lipinski definition) is 3. The van der Waals surface area contributed by atoms with Gasteiger partial charge in [-0.05, 0) is 51.0 Å². The van der Waals surface area contributed by atoms with Gasteiger partial charge in [0.2, 0.25) is 6.04 Å². The number of nitriles is 1. The monoisotopic (exact) mass is 583 g/mol. The second kappa shape index (κ2) is 24.0. The fourth-order valence-corrected chi connectivity index (χ4v) is 6.31. The molecular formula is C30H53Fe2N3O. The average molecular weight is 583 g/mol. The maximum atomic E-state index is 9.35. The van der Waals surface area contributed by atoms with Gasteiger partial charge in [-0.15, -0.1) is 0 Å². The summed E-state index contributed by atoms with van der Waals surface area (Å²) in [6.45, 7) is 10.9. The van der Waals surface area contributed by atoms with Crippen LogP contribution in [0.15, 0.2) is 0 Å². The van der Waals surface area contributed by atoms with Crippen molar-refractivity contribution in [2.45, 2.75) is 134 Å². The van der Waals surface area contributed by atoms with Gasteiger partial charge < -0.3 is 14.9 Å². The van der Waals surface area contributed by atoms with Crippen LogP contribution in [-0.4, -0.2) is 42.3 Å². The van der Waals surface area contributed by atoms with E-state index in [1.165, 1.54) is 103 Å². The molecule has 0 bridgehead atoms. The molecule has 4 rings (SSSR count). The van der Waals surface area contributed by atoms with Gasteiger partial charge >= 0.3 is 0 Å². The van der Waals surface area contributed by atoms with Gasteiger partial charge in [-0.3, -0.25) is 0 Å². The van der Waals surface area contributed by atoms with Crippen molar-refractivity contribution in [3.8, 4) is 6.07 Å². The van der Waals surface area contributed by atoms with Crippen LogP contribution in [-0.2, 0) is 34.1 Å². The Bertz CT molecular complexity index is 525. The van der Waals surface area contributed by atoms with Crippen LogP contribution in [0.1, 0.15) is 128 Å². The zero-order valence-electron chi connectivity index (χ0n) is 22.8. The molecule has 0 aromatic heterocycles. The molecule has 4 unspecified atom stereocenters. The third-order valence-corrected chi connectivity index (χ3v) is 8.48. The molecule has 4 fully saturated rings. The first-order valence-corrected chi connectivity index (χ1v) is 14.9. The van der Waals surface area contributed by atoms with E-state index in [2.05, 4.69) is 15.8 Å². The molecule has 6 heteroatoms. The molecule has 0 aromatic rings. The van der Waals surface area contributed by atoms with Crippen molar-refractivity contribution in [1.29, 1.82) is 5.26 Å². The number of aliphatic hydroxyl groups is 1. The first kappa shape index (κ1) is 35.9. The fraction of sp³-hybridized carbons (Fsp3) is 0.933. The minimum absolute atomic E-state index is 0. The van der Waals surface area contributed by atoms with Crippen LogP contribution in [0.4, 0.5) is 0 Å². The molecule has 0 aliphatic heterocycles. The van der Waals surface area contributed by atoms with E-state index in [4.69, 9.17) is 11.7 Å². The predicted octanol–water partition coefficient (Wildman–Crippen LogP) is 7.76. The Kier molecular flexibility index (Phi) is 24.0. The van der Waals surface area contributed by atoms with E-state index >= 15 is 0 Å². The third-order valence-electron chi connectivity index (χ3n) is 8.48. The molecular weight excluding hydrogens is 530 g/mol. The van der Waals surface area contributed by atoms with Gasteiger partial charge in [0.25, 0.3) is 0 Å². The third kappa shape index (κ3) is 15.4. The summed E-state index contributed by atoms with van der Waals surface area (Å²) in [5.74, 6) is 1.30. The Hall–Kier alpha value is -0.0610. The Labute approximate surface area is 244 Å². The molecule has 4 nitrogen and oxygen atoms in total. The van der Waals surface area contributed by atoms with Gasteiger partial charge in [0, 0.05) is 66.2 Å². The Morgan fingerprint density at radius 1 is 0.694 bits per heavy atom. The molecule has 0 aromatic carbocycles. The molecule has 0 saturated heterocycles. The number of unbranched alkanes of at least 4 members (excludes halogenated alkanes) is 3. The normalized spacial score (nSPS) is 26.4. The van der Waals surface area contributed by atoms with Gasteiger partial charge in [-0.2, -0.15) is 5.26 Å². The van der Waals surface area contributed by atoms with Crippen LogP contribution in [0.5, 0.6) is 0 Å². The average Bonchev–Trinajstić information content (AvgIpc) is 3.68. The van der Waals surface area contributed by atoms with Crippen LogP contribution in [0.2, 0.25) is 0 Å². The summed E-state index contributed by atoms with van der Waals surface area (Å²) in [6, 6.07) is 2.73. The van der Waals surface area contributed by atoms with Crippen molar-refractivity contribution in [2.75, 3.05) is 26.2 Å². The minimum atomic E-state index is 0. The molecule has 0 spiro atoms. The molecule has 210 valence electrons. The number of nitrogens with zero attached hydrogens (tertiary/aromatic N) is 3. The van der Waals surface area contributed by atoms with Crippen LogP contribution in [0.25, 0.3) is 4.85 Å². The quantitative estimate of drug-likeness (QED) is 0.163. The van der Waals surface area contributed by atoms with Crippen molar-refractivity contribution in [2.24, 2.45) is 17.8 Å². The summed E-state index contributed by atoms with van der Waals surface area (Å²) in [6.07, 6.45) is 26.3. The van der Waals surface area contributed by atoms with Crippen molar-refractivity contribution in [3.05, 3.63) is 11.4 Å². The zero-order valence-corrected chi connectivity index (χ0v) is 25.0. The van der Waals surface area contributed by atoms with E-state index in [9.17, 15) is 5.26 Å². The van der Waals surface area contributed by atoms with E-state index in [1.807, 2.05) is 0 Å². The standard InChI is InChI=1S/C20H33N3O.2C5H10.2Fe/c1-22-20-11-7-10-19(20)16-23(12-4-2-3-5-13-24)15-18-9-6-8-17(18)14-21;2*1-2-4-5-3-1;;/h17-20,24H,2-13,15-16H2;2*1-5H2;;. The molecule has 0 amide bonds. The summed E-state index contributed by atoms with van der Waals surface area (Å²) in [5.41, 5.74) is 0. The second-order valence-electron chi connectivity index (χ2n) is 11.2. The zero-order chi connectivity index (χ0) is 24.3. The number of hydrogen-bond donors (Lipinski definition) is 1. The summed E-state index contributed by atoms with van der Waals surface area (Å²) in [5, 5.41) is 18.3. The van der Waals surface area contributed by atoms with E-state index in [0.717, 1.165) is 45.3 Å². The maximum absolute atomic E-state index is 9.35. The topological polar surface area (TPSA) is 51.6 Å². The number of aliphatic hydroxyl groups excluding tert-OH is 1. The van der Waals surface area contributed by atoms with Crippen LogP contribution >= 0.6 is 0 Å². The largest absolute Gasteiger partial charge is 0.396 e. The molecule has 36 heavy (non-hydrogen) atoms. The molecule has 4 aliphatic carbocycles. The smallest absolute Gasteiger partial charge is 0.227 e. The SMILES string of the molecule is C1CCCC1.C1CCCC1.[C-]#[N+]C1CCCC1CN(CCCCCCO)CC1CCCC1C#N.[Fe].[Fe]. The van der Waals surface area contributed by atoms with Crippen LogP contribution < -0.4 is 0 Å². The van der Waals surface area contributed by atoms with Gasteiger partial charge in [-0.25, -0.2) is 6.57 Å². The van der Waals surface area contributed by atoms with Crippen LogP contribution in [0.3, 0.4) is 0 Å². The van der Waals surface area contributed by atoms with Crippen molar-refractivity contribution >= 4 is 0 Å². The van der Waals surface area contributed by atoms with Crippen LogP contribution in [0, 0.1) is 35.7 Å². The molecule has 1 N–H and O–H groups in total. The molecule has 4 atom stereocenters. The predicted molar refractivity (Wildman–Crippen MR) is 142 cm³/mol. The maximum Gasteiger partial charge on any atom is 0.227 e. The van der Waals surface area contributed by atoms with Gasteiger partial charge in [-0.1, -0.05) is 83.5 Å². The summed E-state index contributed by atoms with van der Waals surface area (Å²) >= 11 is 0. The Morgan fingerprint density at radius 3 is 1.72 bits per heavy atom. The summed E-state index contributed by atoms with van der Waals surface area (Å²) < 4.78 is 0. The first-order chi connectivity index (χ1) is 16.8. The molecule has 4 aliphatic rings. The molecule has 0 radical (unpaired) electrons. The fourth-order valence-electron chi connectivity index (χ4n) is 6.31. The van der Waals surface area contributed by atoms with E-state index in [0.29, 0.717) is 18.4 Å². The van der Waals surface area contributed by atoms with Gasteiger partial charge in [0.15, 0.2) is 0 Å². The van der Waals surface area contributed by atoms with E-state index < -0.39 is 0 Å². The van der Waals surface area contributed by atoms with Crippen molar-refractivity contribution < 1.29 is 39.2 Å². The Balaban J connectivity index is 0.000000842. The number of rotatable bonds is 10. The minimum Gasteiger partial charge on any atom is -0.396 e. The molecule has 0 heterocycles. The van der Waals surface area contributed by atoms with Gasteiger partial charge in [0.05, 0.1) is 12.0 Å². The second-order valence-corrected chi connectivity index (χ2v) is 11.2.